The Balaban J connectivity index is 1.63. The first kappa shape index (κ1) is 13.8. The minimum absolute atomic E-state index is 0.000824. The van der Waals surface area contributed by atoms with Gasteiger partial charge in [-0.15, -0.1) is 0 Å². The predicted octanol–water partition coefficient (Wildman–Crippen LogP) is 1.44. The zero-order chi connectivity index (χ0) is 14.8. The van der Waals surface area contributed by atoms with Crippen molar-refractivity contribution >= 4 is 17.4 Å². The maximum absolute atomic E-state index is 12.1. The summed E-state index contributed by atoms with van der Waals surface area (Å²) in [5.74, 6) is 1.28. The molecular weight excluding hydrogens is 272 g/mol. The molecule has 21 heavy (non-hydrogen) atoms. The average Bonchev–Trinajstić information content (AvgIpc) is 3.33. The molecule has 0 bridgehead atoms. The lowest BCUT2D eigenvalue weighted by Crippen LogP contribution is -2.36. The molecule has 1 aliphatic heterocycles. The molecule has 0 atom stereocenters. The van der Waals surface area contributed by atoms with Gasteiger partial charge in [0.25, 0.3) is 5.69 Å². The molecule has 1 aliphatic carbocycles. The van der Waals surface area contributed by atoms with E-state index in [0.717, 1.165) is 44.7 Å². The smallest absolute Gasteiger partial charge is 0.287 e. The number of nitrogens with zero attached hydrogens (tertiary/aromatic N) is 4. The van der Waals surface area contributed by atoms with Crippen LogP contribution in [0.1, 0.15) is 19.3 Å². The molecule has 7 heteroatoms. The van der Waals surface area contributed by atoms with E-state index in [1.165, 1.54) is 12.3 Å². The molecule has 0 radical (unpaired) electrons. The summed E-state index contributed by atoms with van der Waals surface area (Å²) in [5, 5.41) is 10.6. The number of anilines is 1. The van der Waals surface area contributed by atoms with Crippen LogP contribution in [-0.4, -0.2) is 46.9 Å². The minimum atomic E-state index is -0.449. The van der Waals surface area contributed by atoms with Crippen LogP contribution in [-0.2, 0) is 4.79 Å². The highest BCUT2D eigenvalue weighted by Crippen LogP contribution is 2.31. The summed E-state index contributed by atoms with van der Waals surface area (Å²) in [5.41, 5.74) is -0.000824. The maximum atomic E-state index is 12.1. The van der Waals surface area contributed by atoms with Crippen LogP contribution < -0.4 is 4.90 Å². The summed E-state index contributed by atoms with van der Waals surface area (Å²) >= 11 is 0. The highest BCUT2D eigenvalue weighted by atomic mass is 16.6. The van der Waals surface area contributed by atoms with Gasteiger partial charge in [-0.05, 0) is 25.3 Å². The number of carbonyl (C=O) groups is 1. The lowest BCUT2D eigenvalue weighted by molar-refractivity contribution is -0.385. The van der Waals surface area contributed by atoms with Gasteiger partial charge in [0.15, 0.2) is 0 Å². The van der Waals surface area contributed by atoms with Crippen LogP contribution in [0.3, 0.4) is 0 Å². The van der Waals surface area contributed by atoms with Crippen molar-refractivity contribution in [2.45, 2.75) is 19.3 Å². The number of amides is 1. The molecule has 2 heterocycles. The zero-order valence-corrected chi connectivity index (χ0v) is 11.8. The molecule has 7 nitrogen and oxygen atoms in total. The van der Waals surface area contributed by atoms with E-state index in [1.54, 1.807) is 6.07 Å². The molecule has 2 fully saturated rings. The summed E-state index contributed by atoms with van der Waals surface area (Å²) in [6.07, 6.45) is 4.25. The second-order valence-corrected chi connectivity index (χ2v) is 5.57. The van der Waals surface area contributed by atoms with Gasteiger partial charge in [0.1, 0.15) is 12.0 Å². The van der Waals surface area contributed by atoms with E-state index in [4.69, 9.17) is 0 Å². The van der Waals surface area contributed by atoms with E-state index in [0.29, 0.717) is 6.54 Å². The molecule has 3 rings (SSSR count). The first-order chi connectivity index (χ1) is 10.1. The summed E-state index contributed by atoms with van der Waals surface area (Å²) in [6.45, 7) is 3.04. The van der Waals surface area contributed by atoms with E-state index in [2.05, 4.69) is 9.88 Å². The number of nitro groups is 1. The fourth-order valence-electron chi connectivity index (χ4n) is 2.63. The number of carbonyl (C=O) groups excluding carboxylic acids is 1. The number of aromatic nitrogens is 1. The molecule has 0 N–H and O–H groups in total. The fraction of sp³-hybridized carbons (Fsp3) is 0.571. The SMILES string of the molecule is O=C(C1CC1)N1CCCN(c2ccc([N+](=O)[O-])cn2)CC1. The van der Waals surface area contributed by atoms with Crippen LogP contribution >= 0.6 is 0 Å². The Kier molecular flexibility index (Phi) is 3.72. The van der Waals surface area contributed by atoms with Gasteiger partial charge in [-0.2, -0.15) is 0 Å². The second-order valence-electron chi connectivity index (χ2n) is 5.57. The van der Waals surface area contributed by atoms with Crippen molar-refractivity contribution in [3.05, 3.63) is 28.4 Å². The van der Waals surface area contributed by atoms with Crippen molar-refractivity contribution in [3.63, 3.8) is 0 Å². The summed E-state index contributed by atoms with van der Waals surface area (Å²) in [6, 6.07) is 3.15. The Morgan fingerprint density at radius 1 is 1.24 bits per heavy atom. The molecule has 1 aromatic rings. The fourth-order valence-corrected chi connectivity index (χ4v) is 2.63. The van der Waals surface area contributed by atoms with Gasteiger partial charge in [0.2, 0.25) is 5.91 Å². The third kappa shape index (κ3) is 3.12. The third-order valence-electron chi connectivity index (χ3n) is 4.00. The number of hydrogen-bond donors (Lipinski definition) is 0. The van der Waals surface area contributed by atoms with Crippen LogP contribution in [0.4, 0.5) is 11.5 Å². The lowest BCUT2D eigenvalue weighted by Gasteiger charge is -2.22. The van der Waals surface area contributed by atoms with Crippen molar-refractivity contribution < 1.29 is 9.72 Å². The first-order valence-corrected chi connectivity index (χ1v) is 7.29. The van der Waals surface area contributed by atoms with Gasteiger partial charge in [-0.25, -0.2) is 4.98 Å². The Morgan fingerprint density at radius 3 is 2.67 bits per heavy atom. The molecule has 0 unspecified atom stereocenters. The van der Waals surface area contributed by atoms with E-state index < -0.39 is 4.92 Å². The highest BCUT2D eigenvalue weighted by Gasteiger charge is 2.34. The van der Waals surface area contributed by atoms with Crippen molar-refractivity contribution in [1.82, 2.24) is 9.88 Å². The van der Waals surface area contributed by atoms with Gasteiger partial charge in [0.05, 0.1) is 4.92 Å². The summed E-state index contributed by atoms with van der Waals surface area (Å²) in [7, 11) is 0. The Morgan fingerprint density at radius 2 is 2.05 bits per heavy atom. The van der Waals surface area contributed by atoms with Crippen molar-refractivity contribution in [2.24, 2.45) is 5.92 Å². The largest absolute Gasteiger partial charge is 0.355 e. The molecule has 0 aromatic carbocycles. The maximum Gasteiger partial charge on any atom is 0.287 e. The normalized spacial score (nSPS) is 19.2. The predicted molar refractivity (Wildman–Crippen MR) is 77.0 cm³/mol. The van der Waals surface area contributed by atoms with Crippen molar-refractivity contribution in [3.8, 4) is 0 Å². The first-order valence-electron chi connectivity index (χ1n) is 7.29. The molecule has 112 valence electrons. The van der Waals surface area contributed by atoms with Crippen LogP contribution in [0.5, 0.6) is 0 Å². The molecule has 1 saturated heterocycles. The molecule has 1 amide bonds. The monoisotopic (exact) mass is 290 g/mol. The molecule has 1 aromatic heterocycles. The molecule has 1 saturated carbocycles. The molecular formula is C14H18N4O3. The lowest BCUT2D eigenvalue weighted by atomic mass is 10.3. The van der Waals surface area contributed by atoms with Gasteiger partial charge in [-0.3, -0.25) is 14.9 Å². The van der Waals surface area contributed by atoms with Gasteiger partial charge >= 0.3 is 0 Å². The van der Waals surface area contributed by atoms with Crippen LogP contribution in [0.25, 0.3) is 0 Å². The van der Waals surface area contributed by atoms with Crippen LogP contribution in [0.15, 0.2) is 18.3 Å². The summed E-state index contributed by atoms with van der Waals surface area (Å²) in [4.78, 5) is 30.5. The van der Waals surface area contributed by atoms with Crippen molar-refractivity contribution in [2.75, 3.05) is 31.1 Å². The Labute approximate surface area is 122 Å². The highest BCUT2D eigenvalue weighted by molar-refractivity contribution is 5.81. The standard InChI is InChI=1S/C14H18N4O3/c19-14(11-2-3-11)17-7-1-6-16(8-9-17)13-5-4-12(10-15-13)18(20)21/h4-5,10-11H,1-3,6-9H2. The minimum Gasteiger partial charge on any atom is -0.355 e. The van der Waals surface area contributed by atoms with Gasteiger partial charge < -0.3 is 9.80 Å². The van der Waals surface area contributed by atoms with Crippen LogP contribution in [0, 0.1) is 16.0 Å². The molecule has 0 spiro atoms. The van der Waals surface area contributed by atoms with E-state index in [-0.39, 0.29) is 17.5 Å². The third-order valence-corrected chi connectivity index (χ3v) is 4.00. The van der Waals surface area contributed by atoms with Crippen LogP contribution in [0.2, 0.25) is 0 Å². The van der Waals surface area contributed by atoms with Crippen molar-refractivity contribution in [1.29, 1.82) is 0 Å². The number of hydrogen-bond acceptors (Lipinski definition) is 5. The van der Waals surface area contributed by atoms with E-state index in [9.17, 15) is 14.9 Å². The average molecular weight is 290 g/mol. The zero-order valence-electron chi connectivity index (χ0n) is 11.8. The Bertz CT molecular complexity index is 542. The number of pyridine rings is 1. The number of rotatable bonds is 3. The van der Waals surface area contributed by atoms with Gasteiger partial charge in [0, 0.05) is 38.2 Å². The second kappa shape index (κ2) is 5.67. The topological polar surface area (TPSA) is 79.6 Å². The molecule has 2 aliphatic rings. The summed E-state index contributed by atoms with van der Waals surface area (Å²) < 4.78 is 0. The van der Waals surface area contributed by atoms with Gasteiger partial charge in [-0.1, -0.05) is 0 Å². The van der Waals surface area contributed by atoms with E-state index in [1.807, 2.05) is 4.90 Å². The Hall–Kier alpha value is -2.18. The quantitative estimate of drug-likeness (QED) is 0.621. The van der Waals surface area contributed by atoms with E-state index >= 15 is 0 Å².